The molecule has 0 amide bonds. The molecule has 0 aromatic rings. The van der Waals surface area contributed by atoms with Gasteiger partial charge < -0.3 is 15.2 Å². The Kier molecular flexibility index (Phi) is 4.20. The van der Waals surface area contributed by atoms with Crippen LogP contribution >= 0.6 is 12.4 Å². The summed E-state index contributed by atoms with van der Waals surface area (Å²) in [4.78, 5) is 0. The highest BCUT2D eigenvalue weighted by Crippen LogP contribution is 2.20. The smallest absolute Gasteiger partial charge is 0.105 e. The molecule has 62 valence electrons. The lowest BCUT2D eigenvalue weighted by Crippen LogP contribution is -2.40. The Morgan fingerprint density at radius 1 is 1.70 bits per heavy atom. The molecule has 1 unspecified atom stereocenters. The van der Waals surface area contributed by atoms with Crippen molar-refractivity contribution in [2.24, 2.45) is 5.73 Å². The third-order valence-corrected chi connectivity index (χ3v) is 1.87. The van der Waals surface area contributed by atoms with Gasteiger partial charge in [0.25, 0.3) is 0 Å². The number of ether oxygens (including phenoxy) is 2. The molecule has 0 aromatic carbocycles. The van der Waals surface area contributed by atoms with Gasteiger partial charge in [-0.3, -0.25) is 0 Å². The summed E-state index contributed by atoms with van der Waals surface area (Å²) >= 11 is 0. The molecule has 1 saturated heterocycles. The average Bonchev–Trinajstić information content (AvgIpc) is 2.36. The molecular formula is C6H14ClNO2. The molecular weight excluding hydrogens is 154 g/mol. The highest BCUT2D eigenvalue weighted by atomic mass is 35.5. The number of nitrogens with two attached hydrogens (primary N) is 1. The van der Waals surface area contributed by atoms with E-state index in [9.17, 15) is 0 Å². The molecule has 1 fully saturated rings. The average molecular weight is 168 g/mol. The quantitative estimate of drug-likeness (QED) is 0.638. The maximum absolute atomic E-state index is 5.47. The van der Waals surface area contributed by atoms with Crippen molar-refractivity contribution < 1.29 is 9.47 Å². The predicted molar refractivity (Wildman–Crippen MR) is 41.5 cm³/mol. The monoisotopic (exact) mass is 167 g/mol. The summed E-state index contributed by atoms with van der Waals surface area (Å²) in [6.45, 7) is 1.99. The minimum atomic E-state index is -0.167. The van der Waals surface area contributed by atoms with E-state index >= 15 is 0 Å². The Hall–Kier alpha value is 0.170. The zero-order valence-electron chi connectivity index (χ0n) is 6.13. The lowest BCUT2D eigenvalue weighted by molar-refractivity contribution is -0.00940. The minimum absolute atomic E-state index is 0. The number of rotatable bonds is 2. The van der Waals surface area contributed by atoms with E-state index in [1.807, 2.05) is 0 Å². The summed E-state index contributed by atoms with van der Waals surface area (Å²) in [5, 5.41) is 0. The summed E-state index contributed by atoms with van der Waals surface area (Å²) in [5.41, 5.74) is 5.31. The molecule has 4 heteroatoms. The van der Waals surface area contributed by atoms with Gasteiger partial charge in [-0.15, -0.1) is 12.4 Å². The van der Waals surface area contributed by atoms with E-state index in [2.05, 4.69) is 0 Å². The standard InChI is InChI=1S/C6H13NO2.ClH/c1-8-6(4-7)2-3-9-5-6;/h2-5,7H2,1H3;1H. The van der Waals surface area contributed by atoms with Crippen molar-refractivity contribution >= 4 is 12.4 Å². The fraction of sp³-hybridized carbons (Fsp3) is 1.00. The van der Waals surface area contributed by atoms with Crippen LogP contribution in [0.3, 0.4) is 0 Å². The Morgan fingerprint density at radius 2 is 2.40 bits per heavy atom. The molecule has 2 N–H and O–H groups in total. The first-order valence-electron chi connectivity index (χ1n) is 3.16. The van der Waals surface area contributed by atoms with Crippen molar-refractivity contribution in [3.63, 3.8) is 0 Å². The van der Waals surface area contributed by atoms with Gasteiger partial charge in [-0.2, -0.15) is 0 Å². The van der Waals surface area contributed by atoms with Gasteiger partial charge in [-0.1, -0.05) is 0 Å². The molecule has 1 heterocycles. The highest BCUT2D eigenvalue weighted by molar-refractivity contribution is 5.85. The Labute approximate surface area is 67.3 Å². The van der Waals surface area contributed by atoms with Crippen molar-refractivity contribution in [3.05, 3.63) is 0 Å². The maximum atomic E-state index is 5.47. The van der Waals surface area contributed by atoms with E-state index < -0.39 is 0 Å². The lowest BCUT2D eigenvalue weighted by Gasteiger charge is -2.22. The molecule has 0 aromatic heterocycles. The SMILES string of the molecule is COC1(CN)CCOC1.Cl. The molecule has 1 atom stereocenters. The fourth-order valence-corrected chi connectivity index (χ4v) is 0.994. The maximum Gasteiger partial charge on any atom is 0.105 e. The van der Waals surface area contributed by atoms with E-state index in [4.69, 9.17) is 15.2 Å². The third-order valence-electron chi connectivity index (χ3n) is 1.87. The van der Waals surface area contributed by atoms with Gasteiger partial charge in [0, 0.05) is 26.7 Å². The van der Waals surface area contributed by atoms with Crippen molar-refractivity contribution in [1.82, 2.24) is 0 Å². The van der Waals surface area contributed by atoms with Crippen LogP contribution in [0, 0.1) is 0 Å². The van der Waals surface area contributed by atoms with Gasteiger partial charge >= 0.3 is 0 Å². The van der Waals surface area contributed by atoms with Crippen molar-refractivity contribution in [3.8, 4) is 0 Å². The molecule has 3 nitrogen and oxygen atoms in total. The second kappa shape index (κ2) is 4.13. The molecule has 1 rings (SSSR count). The van der Waals surface area contributed by atoms with Crippen LogP contribution in [-0.2, 0) is 9.47 Å². The first-order valence-corrected chi connectivity index (χ1v) is 3.16. The van der Waals surface area contributed by atoms with Crippen LogP contribution in [0.25, 0.3) is 0 Å². The largest absolute Gasteiger partial charge is 0.378 e. The Balaban J connectivity index is 0.000000810. The lowest BCUT2D eigenvalue weighted by atomic mass is 10.0. The van der Waals surface area contributed by atoms with Crippen LogP contribution in [0.1, 0.15) is 6.42 Å². The normalized spacial score (nSPS) is 31.8. The van der Waals surface area contributed by atoms with Crippen molar-refractivity contribution in [2.75, 3.05) is 26.9 Å². The molecule has 0 aliphatic carbocycles. The Morgan fingerprint density at radius 3 is 2.60 bits per heavy atom. The van der Waals surface area contributed by atoms with E-state index in [0.29, 0.717) is 13.2 Å². The van der Waals surface area contributed by atoms with Crippen LogP contribution in [0.5, 0.6) is 0 Å². The summed E-state index contributed by atoms with van der Waals surface area (Å²) in [6, 6.07) is 0. The van der Waals surface area contributed by atoms with Crippen LogP contribution < -0.4 is 5.73 Å². The molecule has 0 saturated carbocycles. The molecule has 0 spiro atoms. The summed E-state index contributed by atoms with van der Waals surface area (Å²) < 4.78 is 10.3. The molecule has 0 radical (unpaired) electrons. The van der Waals surface area contributed by atoms with E-state index in [0.717, 1.165) is 13.0 Å². The summed E-state index contributed by atoms with van der Waals surface area (Å²) in [5.74, 6) is 0. The van der Waals surface area contributed by atoms with Crippen LogP contribution in [0.15, 0.2) is 0 Å². The van der Waals surface area contributed by atoms with Crippen molar-refractivity contribution in [2.45, 2.75) is 12.0 Å². The third kappa shape index (κ3) is 1.83. The van der Waals surface area contributed by atoms with Gasteiger partial charge in [0.15, 0.2) is 0 Å². The van der Waals surface area contributed by atoms with Crippen LogP contribution in [0.4, 0.5) is 0 Å². The van der Waals surface area contributed by atoms with Gasteiger partial charge in [-0.25, -0.2) is 0 Å². The minimum Gasteiger partial charge on any atom is -0.378 e. The number of halogens is 1. The Bertz CT molecular complexity index is 87.7. The number of hydrogen-bond acceptors (Lipinski definition) is 3. The van der Waals surface area contributed by atoms with Crippen molar-refractivity contribution in [1.29, 1.82) is 0 Å². The molecule has 1 aliphatic rings. The van der Waals surface area contributed by atoms with E-state index in [1.165, 1.54) is 0 Å². The van der Waals surface area contributed by atoms with Crippen LogP contribution in [0.2, 0.25) is 0 Å². The summed E-state index contributed by atoms with van der Waals surface area (Å²) in [6.07, 6.45) is 0.931. The topological polar surface area (TPSA) is 44.5 Å². The number of methoxy groups -OCH3 is 1. The second-order valence-corrected chi connectivity index (χ2v) is 2.39. The zero-order valence-corrected chi connectivity index (χ0v) is 6.95. The summed E-state index contributed by atoms with van der Waals surface area (Å²) in [7, 11) is 1.68. The predicted octanol–water partition coefficient (Wildman–Crippen LogP) is 0.172. The first-order chi connectivity index (χ1) is 4.33. The number of hydrogen-bond donors (Lipinski definition) is 1. The van der Waals surface area contributed by atoms with Gasteiger partial charge in [-0.05, 0) is 0 Å². The second-order valence-electron chi connectivity index (χ2n) is 2.39. The molecule has 0 bridgehead atoms. The van der Waals surface area contributed by atoms with E-state index in [1.54, 1.807) is 7.11 Å². The zero-order chi connectivity index (χ0) is 6.74. The van der Waals surface area contributed by atoms with Gasteiger partial charge in [0.05, 0.1) is 6.61 Å². The van der Waals surface area contributed by atoms with E-state index in [-0.39, 0.29) is 18.0 Å². The highest BCUT2D eigenvalue weighted by Gasteiger charge is 2.32. The van der Waals surface area contributed by atoms with Gasteiger partial charge in [0.2, 0.25) is 0 Å². The van der Waals surface area contributed by atoms with Crippen LogP contribution in [-0.4, -0.2) is 32.5 Å². The fourth-order valence-electron chi connectivity index (χ4n) is 0.994. The van der Waals surface area contributed by atoms with Gasteiger partial charge in [0.1, 0.15) is 5.60 Å². The molecule has 1 aliphatic heterocycles. The first kappa shape index (κ1) is 10.2. The molecule has 10 heavy (non-hydrogen) atoms.